The van der Waals surface area contributed by atoms with Crippen LogP contribution in [0.3, 0.4) is 0 Å². The van der Waals surface area contributed by atoms with Gasteiger partial charge in [0.15, 0.2) is 0 Å². The van der Waals surface area contributed by atoms with Gasteiger partial charge in [0.05, 0.1) is 6.04 Å². The number of rotatable bonds is 2. The molecule has 120 valence electrons. The Hall–Kier alpha value is -2.48. The van der Waals surface area contributed by atoms with E-state index < -0.39 is 0 Å². The summed E-state index contributed by atoms with van der Waals surface area (Å²) < 4.78 is 6.49. The summed E-state index contributed by atoms with van der Waals surface area (Å²) in [4.78, 5) is 2.38. The molecule has 2 aromatic carbocycles. The number of benzene rings is 2. The summed E-state index contributed by atoms with van der Waals surface area (Å²) in [6.45, 7) is 5.49. The van der Waals surface area contributed by atoms with Gasteiger partial charge in [-0.05, 0) is 29.5 Å². The average molecular weight is 315 g/mol. The molecule has 2 heteroatoms. The molecule has 1 aromatic heterocycles. The molecule has 0 amide bonds. The molecule has 3 aromatic rings. The molecule has 0 bridgehead atoms. The van der Waals surface area contributed by atoms with Gasteiger partial charge >= 0.3 is 0 Å². The molecule has 24 heavy (non-hydrogen) atoms. The molecule has 3 heterocycles. The Balaban J connectivity index is 1.79. The lowest BCUT2D eigenvalue weighted by molar-refractivity contribution is 0.349. The van der Waals surface area contributed by atoms with Gasteiger partial charge in [-0.1, -0.05) is 56.3 Å². The summed E-state index contributed by atoms with van der Waals surface area (Å²) in [5, 5.41) is 2.50. The Morgan fingerprint density at radius 1 is 1.08 bits per heavy atom. The average Bonchev–Trinajstić information content (AvgIpc) is 3.12. The van der Waals surface area contributed by atoms with Crippen molar-refractivity contribution in [3.05, 3.63) is 71.5 Å². The predicted molar refractivity (Wildman–Crippen MR) is 98.8 cm³/mol. The van der Waals surface area contributed by atoms with Gasteiger partial charge in [-0.3, -0.25) is 0 Å². The van der Waals surface area contributed by atoms with E-state index in [4.69, 9.17) is 4.42 Å². The van der Waals surface area contributed by atoms with E-state index in [9.17, 15) is 0 Å². The third kappa shape index (κ3) is 1.89. The van der Waals surface area contributed by atoms with Gasteiger partial charge < -0.3 is 9.32 Å². The Morgan fingerprint density at radius 3 is 2.83 bits per heavy atom. The standard InChI is InChI=1S/C22H21NO/c1-14(2)12-15-6-5-7-17-18-10-9-16-13-23-11-4-3-8-19(23)20(16)22(18)24-21(15)17/h3-11,14,19H,12-13H2,1-2H3. The molecule has 1 unspecified atom stereocenters. The van der Waals surface area contributed by atoms with Crippen LogP contribution in [0, 0.1) is 5.92 Å². The lowest BCUT2D eigenvalue weighted by atomic mass is 9.98. The summed E-state index contributed by atoms with van der Waals surface area (Å²) in [6, 6.07) is 11.4. The van der Waals surface area contributed by atoms with Crippen molar-refractivity contribution in [2.24, 2.45) is 5.92 Å². The lowest BCUT2D eigenvalue weighted by Gasteiger charge is -2.22. The molecule has 0 radical (unpaired) electrons. The van der Waals surface area contributed by atoms with Crippen LogP contribution in [0.5, 0.6) is 0 Å². The minimum atomic E-state index is 0.308. The fourth-order valence-electron chi connectivity index (χ4n) is 4.19. The zero-order valence-corrected chi connectivity index (χ0v) is 14.1. The highest BCUT2D eigenvalue weighted by atomic mass is 16.3. The van der Waals surface area contributed by atoms with Crippen molar-refractivity contribution >= 4 is 21.9 Å². The molecular weight excluding hydrogens is 294 g/mol. The molecule has 2 aliphatic rings. The third-order valence-corrected chi connectivity index (χ3v) is 5.19. The van der Waals surface area contributed by atoms with Crippen LogP contribution in [-0.2, 0) is 13.0 Å². The quantitative estimate of drug-likeness (QED) is 0.601. The maximum atomic E-state index is 6.49. The number of furan rings is 1. The van der Waals surface area contributed by atoms with Gasteiger partial charge in [0.25, 0.3) is 0 Å². The normalized spacial score (nSPS) is 18.8. The minimum Gasteiger partial charge on any atom is -0.455 e. The number of fused-ring (bicyclic) bond motifs is 7. The van der Waals surface area contributed by atoms with E-state index >= 15 is 0 Å². The SMILES string of the molecule is CC(C)Cc1cccc2c1oc1c3c(ccc12)CN1C=CC=CC31. The van der Waals surface area contributed by atoms with E-state index in [1.54, 1.807) is 0 Å². The van der Waals surface area contributed by atoms with E-state index in [1.807, 2.05) is 0 Å². The van der Waals surface area contributed by atoms with Crippen LogP contribution < -0.4 is 0 Å². The van der Waals surface area contributed by atoms with E-state index in [-0.39, 0.29) is 0 Å². The van der Waals surface area contributed by atoms with Crippen LogP contribution in [0.1, 0.15) is 36.6 Å². The van der Waals surface area contributed by atoms with Crippen LogP contribution >= 0.6 is 0 Å². The van der Waals surface area contributed by atoms with Gasteiger partial charge in [-0.2, -0.15) is 0 Å². The molecular formula is C22H21NO. The van der Waals surface area contributed by atoms with Crippen LogP contribution in [0.15, 0.2) is 59.2 Å². The van der Waals surface area contributed by atoms with Crippen LogP contribution in [-0.4, -0.2) is 4.90 Å². The zero-order valence-electron chi connectivity index (χ0n) is 14.1. The number of hydrogen-bond donors (Lipinski definition) is 0. The van der Waals surface area contributed by atoms with Crippen molar-refractivity contribution < 1.29 is 4.42 Å². The number of nitrogens with zero attached hydrogens (tertiary/aromatic N) is 1. The first kappa shape index (κ1) is 13.9. The van der Waals surface area contributed by atoms with Gasteiger partial charge in [0.1, 0.15) is 11.2 Å². The van der Waals surface area contributed by atoms with Gasteiger partial charge in [0.2, 0.25) is 0 Å². The second-order valence-electron chi connectivity index (χ2n) is 7.35. The van der Waals surface area contributed by atoms with E-state index in [2.05, 4.69) is 73.5 Å². The van der Waals surface area contributed by atoms with Gasteiger partial charge in [-0.25, -0.2) is 0 Å². The third-order valence-electron chi connectivity index (χ3n) is 5.19. The van der Waals surface area contributed by atoms with Crippen LogP contribution in [0.25, 0.3) is 21.9 Å². The van der Waals surface area contributed by atoms with E-state index in [1.165, 1.54) is 27.5 Å². The van der Waals surface area contributed by atoms with Crippen molar-refractivity contribution in [1.82, 2.24) is 4.90 Å². The first-order valence-corrected chi connectivity index (χ1v) is 8.79. The molecule has 0 spiro atoms. The highest BCUT2D eigenvalue weighted by Gasteiger charge is 2.31. The maximum absolute atomic E-state index is 6.49. The molecule has 0 N–H and O–H groups in total. The summed E-state index contributed by atoms with van der Waals surface area (Å²) in [5.74, 6) is 0.622. The van der Waals surface area contributed by atoms with Crippen molar-refractivity contribution in [1.29, 1.82) is 0 Å². The largest absolute Gasteiger partial charge is 0.455 e. The van der Waals surface area contributed by atoms with Crippen molar-refractivity contribution in [2.45, 2.75) is 32.9 Å². The molecule has 0 aliphatic carbocycles. The first-order chi connectivity index (χ1) is 11.7. The van der Waals surface area contributed by atoms with Crippen molar-refractivity contribution in [2.75, 3.05) is 0 Å². The number of hydrogen-bond acceptors (Lipinski definition) is 2. The van der Waals surface area contributed by atoms with Gasteiger partial charge in [-0.15, -0.1) is 0 Å². The highest BCUT2D eigenvalue weighted by Crippen LogP contribution is 2.44. The van der Waals surface area contributed by atoms with Crippen molar-refractivity contribution in [3.8, 4) is 0 Å². The van der Waals surface area contributed by atoms with E-state index in [0.717, 1.165) is 24.1 Å². The predicted octanol–water partition coefficient (Wildman–Crippen LogP) is 5.72. The summed E-state index contributed by atoms with van der Waals surface area (Å²) in [5.41, 5.74) is 6.20. The number of allylic oxidation sites excluding steroid dienone is 2. The minimum absolute atomic E-state index is 0.308. The molecule has 0 saturated carbocycles. The molecule has 2 nitrogen and oxygen atoms in total. The topological polar surface area (TPSA) is 16.4 Å². The Labute approximate surface area is 142 Å². The molecule has 0 saturated heterocycles. The fourth-order valence-corrected chi connectivity index (χ4v) is 4.19. The molecule has 5 rings (SSSR count). The zero-order chi connectivity index (χ0) is 16.3. The maximum Gasteiger partial charge on any atom is 0.141 e. The first-order valence-electron chi connectivity index (χ1n) is 8.79. The monoisotopic (exact) mass is 315 g/mol. The summed E-state index contributed by atoms with van der Waals surface area (Å²) >= 11 is 0. The lowest BCUT2D eigenvalue weighted by Crippen LogP contribution is -2.15. The molecule has 1 atom stereocenters. The Bertz CT molecular complexity index is 1010. The molecule has 2 aliphatic heterocycles. The number of para-hydroxylation sites is 1. The summed E-state index contributed by atoms with van der Waals surface area (Å²) in [6.07, 6.45) is 9.76. The molecule has 0 fully saturated rings. The Morgan fingerprint density at radius 2 is 1.96 bits per heavy atom. The fraction of sp³-hybridized carbons (Fsp3) is 0.273. The van der Waals surface area contributed by atoms with Crippen molar-refractivity contribution in [3.63, 3.8) is 0 Å². The smallest absolute Gasteiger partial charge is 0.141 e. The van der Waals surface area contributed by atoms with E-state index in [0.29, 0.717) is 12.0 Å². The highest BCUT2D eigenvalue weighted by molar-refractivity contribution is 6.07. The van der Waals surface area contributed by atoms with Crippen LogP contribution in [0.2, 0.25) is 0 Å². The second kappa shape index (κ2) is 5.01. The van der Waals surface area contributed by atoms with Crippen LogP contribution in [0.4, 0.5) is 0 Å². The summed E-state index contributed by atoms with van der Waals surface area (Å²) in [7, 11) is 0. The second-order valence-corrected chi connectivity index (χ2v) is 7.35. The Kier molecular flexibility index (Phi) is 2.90. The van der Waals surface area contributed by atoms with Gasteiger partial charge in [0, 0.05) is 29.1 Å².